The van der Waals surface area contributed by atoms with E-state index < -0.39 is 30.3 Å². The minimum atomic E-state index is -4.52. The van der Waals surface area contributed by atoms with Gasteiger partial charge in [-0.25, -0.2) is 9.18 Å². The molecule has 1 fully saturated rings. The van der Waals surface area contributed by atoms with Gasteiger partial charge < -0.3 is 5.11 Å². The van der Waals surface area contributed by atoms with Crippen molar-refractivity contribution in [3.05, 3.63) is 34.9 Å². The van der Waals surface area contributed by atoms with Gasteiger partial charge in [0.2, 0.25) is 6.17 Å². The molecule has 1 saturated carbocycles. The van der Waals surface area contributed by atoms with E-state index in [2.05, 4.69) is 0 Å². The van der Waals surface area contributed by atoms with Crippen molar-refractivity contribution in [3.8, 4) is 0 Å². The number of rotatable bonds is 4. The summed E-state index contributed by atoms with van der Waals surface area (Å²) >= 11 is 0. The highest BCUT2D eigenvalue weighted by Gasteiger charge is 2.36. The van der Waals surface area contributed by atoms with Crippen LogP contribution >= 0.6 is 0 Å². The van der Waals surface area contributed by atoms with Crippen molar-refractivity contribution in [2.45, 2.75) is 56.8 Å². The SMILES string of the molecule is O=C(O)C(F)Cc1ccc(C2CCCCC2)c(C(F)(F)F)c1. The van der Waals surface area contributed by atoms with Crippen LogP contribution in [-0.4, -0.2) is 17.2 Å². The molecule has 6 heteroatoms. The fourth-order valence-electron chi connectivity index (χ4n) is 3.04. The molecule has 1 N–H and O–H groups in total. The van der Waals surface area contributed by atoms with E-state index in [1.165, 1.54) is 12.1 Å². The maximum atomic E-state index is 13.3. The van der Waals surface area contributed by atoms with Crippen LogP contribution in [0.2, 0.25) is 0 Å². The van der Waals surface area contributed by atoms with Crippen molar-refractivity contribution in [2.75, 3.05) is 0 Å². The number of benzene rings is 1. The molecule has 0 bridgehead atoms. The van der Waals surface area contributed by atoms with Crippen LogP contribution in [0.15, 0.2) is 18.2 Å². The summed E-state index contributed by atoms with van der Waals surface area (Å²) in [6.07, 6.45) is -2.95. The van der Waals surface area contributed by atoms with Crippen LogP contribution in [0.25, 0.3) is 0 Å². The Morgan fingerprint density at radius 1 is 1.23 bits per heavy atom. The van der Waals surface area contributed by atoms with E-state index in [4.69, 9.17) is 5.11 Å². The number of hydrogen-bond donors (Lipinski definition) is 1. The Balaban J connectivity index is 2.32. The molecule has 1 aromatic carbocycles. The Morgan fingerprint density at radius 3 is 2.41 bits per heavy atom. The maximum absolute atomic E-state index is 13.3. The minimum absolute atomic E-state index is 0.0572. The van der Waals surface area contributed by atoms with E-state index in [1.54, 1.807) is 0 Å². The highest BCUT2D eigenvalue weighted by Crippen LogP contribution is 2.41. The Bertz CT molecular complexity index is 533. The van der Waals surface area contributed by atoms with Crippen LogP contribution in [-0.2, 0) is 17.4 Å². The summed E-state index contributed by atoms with van der Waals surface area (Å²) in [4.78, 5) is 10.5. The first kappa shape index (κ1) is 16.8. The van der Waals surface area contributed by atoms with Crippen molar-refractivity contribution < 1.29 is 27.5 Å². The molecular weight excluding hydrogens is 300 g/mol. The van der Waals surface area contributed by atoms with E-state index in [0.717, 1.165) is 38.2 Å². The van der Waals surface area contributed by atoms with Crippen molar-refractivity contribution in [1.29, 1.82) is 0 Å². The summed E-state index contributed by atoms with van der Waals surface area (Å²) in [5.74, 6) is -1.79. The van der Waals surface area contributed by atoms with Gasteiger partial charge in [0, 0.05) is 6.42 Å². The van der Waals surface area contributed by atoms with E-state index >= 15 is 0 Å². The normalized spacial score (nSPS) is 18.2. The first-order chi connectivity index (χ1) is 10.3. The van der Waals surface area contributed by atoms with Gasteiger partial charge in [0.15, 0.2) is 0 Å². The summed E-state index contributed by atoms with van der Waals surface area (Å²) in [7, 11) is 0. The third-order valence-corrected chi connectivity index (χ3v) is 4.15. The third kappa shape index (κ3) is 3.99. The summed E-state index contributed by atoms with van der Waals surface area (Å²) in [6, 6.07) is 3.71. The molecule has 0 heterocycles. The van der Waals surface area contributed by atoms with E-state index in [0.29, 0.717) is 0 Å². The van der Waals surface area contributed by atoms with Gasteiger partial charge in [0.25, 0.3) is 0 Å². The summed E-state index contributed by atoms with van der Waals surface area (Å²) in [5.41, 5.74) is -0.446. The molecule has 22 heavy (non-hydrogen) atoms. The third-order valence-electron chi connectivity index (χ3n) is 4.15. The average molecular weight is 318 g/mol. The second-order valence-electron chi connectivity index (χ2n) is 5.76. The topological polar surface area (TPSA) is 37.3 Å². The lowest BCUT2D eigenvalue weighted by Crippen LogP contribution is -2.19. The van der Waals surface area contributed by atoms with E-state index in [9.17, 15) is 22.4 Å². The molecule has 1 atom stereocenters. The highest BCUT2D eigenvalue weighted by atomic mass is 19.4. The zero-order valence-corrected chi connectivity index (χ0v) is 12.0. The average Bonchev–Trinajstić information content (AvgIpc) is 2.47. The van der Waals surface area contributed by atoms with E-state index in [-0.39, 0.29) is 17.0 Å². The standard InChI is InChI=1S/C16H18F4O2/c17-14(15(21)22)9-10-6-7-12(11-4-2-1-3-5-11)13(8-10)16(18,19)20/h6-8,11,14H,1-5,9H2,(H,21,22). The molecule has 1 aliphatic carbocycles. The molecule has 1 unspecified atom stereocenters. The van der Waals surface area contributed by atoms with Crippen LogP contribution in [0.4, 0.5) is 17.6 Å². The van der Waals surface area contributed by atoms with Gasteiger partial charge in [0.1, 0.15) is 0 Å². The second-order valence-corrected chi connectivity index (χ2v) is 5.76. The smallest absolute Gasteiger partial charge is 0.416 e. The number of alkyl halides is 4. The highest BCUT2D eigenvalue weighted by molar-refractivity contribution is 5.72. The molecular formula is C16H18F4O2. The molecule has 0 aliphatic heterocycles. The number of carboxylic acids is 1. The Kier molecular flexibility index (Phi) is 5.08. The lowest BCUT2D eigenvalue weighted by atomic mass is 9.81. The number of halogens is 4. The van der Waals surface area contributed by atoms with Gasteiger partial charge in [-0.1, -0.05) is 31.4 Å². The van der Waals surface area contributed by atoms with Gasteiger partial charge in [-0.2, -0.15) is 13.2 Å². The van der Waals surface area contributed by atoms with Gasteiger partial charge in [-0.3, -0.25) is 0 Å². The van der Waals surface area contributed by atoms with Crippen molar-refractivity contribution in [2.24, 2.45) is 0 Å². The van der Waals surface area contributed by atoms with Crippen LogP contribution in [0, 0.1) is 0 Å². The summed E-state index contributed by atoms with van der Waals surface area (Å²) in [6.45, 7) is 0. The predicted octanol–water partition coefficient (Wildman–Crippen LogP) is 4.72. The molecule has 1 aromatic rings. The Labute approximate surface area is 126 Å². The van der Waals surface area contributed by atoms with Crippen LogP contribution < -0.4 is 0 Å². The summed E-state index contributed by atoms with van der Waals surface area (Å²) in [5, 5.41) is 8.53. The quantitative estimate of drug-likeness (QED) is 0.816. The zero-order valence-electron chi connectivity index (χ0n) is 12.0. The molecule has 0 amide bonds. The molecule has 0 spiro atoms. The van der Waals surface area contributed by atoms with Crippen molar-refractivity contribution >= 4 is 5.97 Å². The number of aliphatic carboxylic acids is 1. The summed E-state index contributed by atoms with van der Waals surface area (Å²) < 4.78 is 53.0. The zero-order chi connectivity index (χ0) is 16.3. The number of carboxylic acid groups (broad SMARTS) is 1. The lowest BCUT2D eigenvalue weighted by molar-refractivity contribution is -0.142. The Morgan fingerprint density at radius 2 is 1.86 bits per heavy atom. The van der Waals surface area contributed by atoms with Gasteiger partial charge in [0.05, 0.1) is 5.56 Å². The second kappa shape index (κ2) is 6.67. The number of hydrogen-bond acceptors (Lipinski definition) is 1. The monoisotopic (exact) mass is 318 g/mol. The first-order valence-electron chi connectivity index (χ1n) is 7.36. The largest absolute Gasteiger partial charge is 0.479 e. The first-order valence-corrected chi connectivity index (χ1v) is 7.36. The number of carbonyl (C=O) groups is 1. The van der Waals surface area contributed by atoms with Gasteiger partial charge >= 0.3 is 12.1 Å². The molecule has 2 nitrogen and oxygen atoms in total. The van der Waals surface area contributed by atoms with Crippen LogP contribution in [0.5, 0.6) is 0 Å². The molecule has 122 valence electrons. The van der Waals surface area contributed by atoms with Crippen molar-refractivity contribution in [1.82, 2.24) is 0 Å². The maximum Gasteiger partial charge on any atom is 0.416 e. The van der Waals surface area contributed by atoms with E-state index in [1.807, 2.05) is 0 Å². The van der Waals surface area contributed by atoms with Crippen LogP contribution in [0.1, 0.15) is 54.7 Å². The molecule has 1 aliphatic rings. The predicted molar refractivity (Wildman–Crippen MR) is 73.5 cm³/mol. The van der Waals surface area contributed by atoms with Gasteiger partial charge in [-0.15, -0.1) is 0 Å². The van der Waals surface area contributed by atoms with Gasteiger partial charge in [-0.05, 0) is 36.0 Å². The molecule has 0 aromatic heterocycles. The minimum Gasteiger partial charge on any atom is -0.479 e. The molecule has 0 saturated heterocycles. The molecule has 0 radical (unpaired) electrons. The lowest BCUT2D eigenvalue weighted by Gasteiger charge is -2.25. The fraction of sp³-hybridized carbons (Fsp3) is 0.562. The Hall–Kier alpha value is -1.59. The van der Waals surface area contributed by atoms with Crippen LogP contribution in [0.3, 0.4) is 0 Å². The van der Waals surface area contributed by atoms with Crippen molar-refractivity contribution in [3.63, 3.8) is 0 Å². The molecule has 2 rings (SSSR count). The fourth-order valence-corrected chi connectivity index (χ4v) is 3.04.